The molecule has 1 aromatic carbocycles. The number of halogens is 1. The van der Waals surface area contributed by atoms with Crippen molar-refractivity contribution in [1.82, 2.24) is 4.98 Å². The molecule has 0 aliphatic rings. The lowest BCUT2D eigenvalue weighted by atomic mass is 10.3. The molecule has 0 atom stereocenters. The van der Waals surface area contributed by atoms with Crippen molar-refractivity contribution < 1.29 is 9.63 Å². The van der Waals surface area contributed by atoms with Crippen LogP contribution >= 0.6 is 11.6 Å². The van der Waals surface area contributed by atoms with Crippen LogP contribution in [0.4, 0.5) is 10.5 Å². The second-order valence-corrected chi connectivity index (χ2v) is 3.91. The van der Waals surface area contributed by atoms with Gasteiger partial charge >= 0.3 is 6.09 Å². The molecular weight excluding hydrogens is 266 g/mol. The van der Waals surface area contributed by atoms with Crippen molar-refractivity contribution in [2.75, 3.05) is 5.32 Å². The van der Waals surface area contributed by atoms with E-state index >= 15 is 0 Å². The van der Waals surface area contributed by atoms with Crippen molar-refractivity contribution in [2.24, 2.45) is 5.16 Å². The largest absolute Gasteiger partial charge is 0.437 e. The van der Waals surface area contributed by atoms with E-state index in [1.807, 2.05) is 0 Å². The Balaban J connectivity index is 1.89. The number of pyridine rings is 1. The first kappa shape index (κ1) is 13.0. The summed E-state index contributed by atoms with van der Waals surface area (Å²) in [6, 6.07) is 10.3. The lowest BCUT2D eigenvalue weighted by Gasteiger charge is -2.03. The van der Waals surface area contributed by atoms with Gasteiger partial charge in [-0.2, -0.15) is 0 Å². The number of carbonyl (C=O) groups excluding carboxylic acids is 1. The van der Waals surface area contributed by atoms with Gasteiger partial charge in [-0.05, 0) is 29.8 Å². The van der Waals surface area contributed by atoms with Crippen LogP contribution in [0.2, 0.25) is 5.02 Å². The van der Waals surface area contributed by atoms with Crippen LogP contribution in [0.15, 0.2) is 53.9 Å². The van der Waals surface area contributed by atoms with Crippen LogP contribution in [-0.4, -0.2) is 17.3 Å². The van der Waals surface area contributed by atoms with E-state index < -0.39 is 6.09 Å². The number of hydrogen-bond donors (Lipinski definition) is 1. The Labute approximate surface area is 114 Å². The number of rotatable bonds is 3. The second-order valence-electron chi connectivity index (χ2n) is 3.50. The van der Waals surface area contributed by atoms with Gasteiger partial charge < -0.3 is 0 Å². The number of hydrogen-bond acceptors (Lipinski definition) is 4. The van der Waals surface area contributed by atoms with Crippen LogP contribution in [0, 0.1) is 0 Å². The first-order valence-electron chi connectivity index (χ1n) is 5.41. The maximum absolute atomic E-state index is 11.4. The third kappa shape index (κ3) is 4.08. The molecular formula is C13H10ClN3O2. The summed E-state index contributed by atoms with van der Waals surface area (Å²) >= 11 is 5.88. The Morgan fingerprint density at radius 1 is 1.26 bits per heavy atom. The normalized spacial score (nSPS) is 10.4. The summed E-state index contributed by atoms with van der Waals surface area (Å²) in [5.41, 5.74) is 1.24. The second kappa shape index (κ2) is 6.51. The van der Waals surface area contributed by atoms with Crippen LogP contribution in [0.3, 0.4) is 0 Å². The smallest absolute Gasteiger partial charge is 0.298 e. The molecule has 19 heavy (non-hydrogen) atoms. The maximum Gasteiger partial charge on any atom is 0.437 e. The van der Waals surface area contributed by atoms with Gasteiger partial charge in [-0.1, -0.05) is 28.9 Å². The Bertz CT molecular complexity index is 587. The fraction of sp³-hybridized carbons (Fsp3) is 0. The van der Waals surface area contributed by atoms with Crippen molar-refractivity contribution >= 4 is 29.6 Å². The predicted octanol–water partition coefficient (Wildman–Crippen LogP) is 3.32. The molecule has 0 fully saturated rings. The molecule has 6 heteroatoms. The number of amides is 1. The molecule has 0 spiro atoms. The number of carbonyl (C=O) groups is 1. The topological polar surface area (TPSA) is 63.6 Å². The minimum atomic E-state index is -0.710. The van der Waals surface area contributed by atoms with Crippen LogP contribution in [-0.2, 0) is 4.84 Å². The van der Waals surface area contributed by atoms with Gasteiger partial charge in [-0.25, -0.2) is 4.79 Å². The molecule has 0 aliphatic carbocycles. The van der Waals surface area contributed by atoms with Crippen LogP contribution in [0.1, 0.15) is 5.56 Å². The summed E-state index contributed by atoms with van der Waals surface area (Å²) in [5.74, 6) is 0. The average molecular weight is 276 g/mol. The standard InChI is InChI=1S/C13H10ClN3O2/c14-11-3-1-2-4-12(11)17-13(18)19-16-9-10-5-7-15-8-6-10/h1-9H,(H,17,18)/b16-9+. The number of oxime groups is 1. The molecule has 2 rings (SSSR count). The Hall–Kier alpha value is -2.40. The Morgan fingerprint density at radius 3 is 2.74 bits per heavy atom. The molecule has 1 aromatic heterocycles. The molecule has 0 saturated carbocycles. The Morgan fingerprint density at radius 2 is 2.00 bits per heavy atom. The van der Waals surface area contributed by atoms with Crippen molar-refractivity contribution in [3.8, 4) is 0 Å². The van der Waals surface area contributed by atoms with Crippen LogP contribution in [0.25, 0.3) is 0 Å². The van der Waals surface area contributed by atoms with E-state index in [2.05, 4.69) is 20.3 Å². The molecule has 0 aliphatic heterocycles. The van der Waals surface area contributed by atoms with E-state index in [4.69, 9.17) is 11.6 Å². The highest BCUT2D eigenvalue weighted by atomic mass is 35.5. The van der Waals surface area contributed by atoms with E-state index in [0.29, 0.717) is 10.7 Å². The molecule has 1 amide bonds. The third-order valence-corrected chi connectivity index (χ3v) is 2.48. The summed E-state index contributed by atoms with van der Waals surface area (Å²) in [7, 11) is 0. The van der Waals surface area contributed by atoms with Gasteiger partial charge in [0, 0.05) is 12.4 Å². The van der Waals surface area contributed by atoms with Gasteiger partial charge in [0.2, 0.25) is 0 Å². The van der Waals surface area contributed by atoms with Crippen molar-refractivity contribution in [2.45, 2.75) is 0 Å². The highest BCUT2D eigenvalue weighted by Gasteiger charge is 2.05. The van der Waals surface area contributed by atoms with Gasteiger partial charge in [0.05, 0.1) is 16.9 Å². The molecule has 96 valence electrons. The molecule has 0 radical (unpaired) electrons. The minimum absolute atomic E-state index is 0.428. The molecule has 0 bridgehead atoms. The van der Waals surface area contributed by atoms with Crippen LogP contribution in [0.5, 0.6) is 0 Å². The molecule has 5 nitrogen and oxygen atoms in total. The highest BCUT2D eigenvalue weighted by molar-refractivity contribution is 6.33. The summed E-state index contributed by atoms with van der Waals surface area (Å²) in [6.45, 7) is 0. The van der Waals surface area contributed by atoms with E-state index in [9.17, 15) is 4.79 Å². The number of anilines is 1. The van der Waals surface area contributed by atoms with Crippen molar-refractivity contribution in [3.05, 3.63) is 59.4 Å². The molecule has 0 unspecified atom stereocenters. The predicted molar refractivity (Wildman–Crippen MR) is 73.4 cm³/mol. The van der Waals surface area contributed by atoms with Gasteiger partial charge in [-0.3, -0.25) is 15.1 Å². The first-order chi connectivity index (χ1) is 9.25. The van der Waals surface area contributed by atoms with Gasteiger partial charge in [0.25, 0.3) is 0 Å². The number of nitrogens with one attached hydrogen (secondary N) is 1. The summed E-state index contributed by atoms with van der Waals surface area (Å²) in [4.78, 5) is 19.9. The Kier molecular flexibility index (Phi) is 4.47. The van der Waals surface area contributed by atoms with E-state index in [-0.39, 0.29) is 0 Å². The molecule has 1 heterocycles. The van der Waals surface area contributed by atoms with E-state index in [1.165, 1.54) is 6.21 Å². The summed E-state index contributed by atoms with van der Waals surface area (Å²) < 4.78 is 0. The van der Waals surface area contributed by atoms with Gasteiger partial charge in [-0.15, -0.1) is 0 Å². The third-order valence-electron chi connectivity index (χ3n) is 2.15. The number of benzene rings is 1. The van der Waals surface area contributed by atoms with Crippen LogP contribution < -0.4 is 5.32 Å². The minimum Gasteiger partial charge on any atom is -0.298 e. The zero-order chi connectivity index (χ0) is 13.5. The number of para-hydroxylation sites is 1. The lowest BCUT2D eigenvalue weighted by molar-refractivity contribution is 0.167. The molecule has 1 N–H and O–H groups in total. The highest BCUT2D eigenvalue weighted by Crippen LogP contribution is 2.20. The van der Waals surface area contributed by atoms with Crippen molar-refractivity contribution in [1.29, 1.82) is 0 Å². The summed E-state index contributed by atoms with van der Waals surface area (Å²) in [6.07, 6.45) is 3.93. The SMILES string of the molecule is O=C(Nc1ccccc1Cl)O/N=C/c1ccncc1. The van der Waals surface area contributed by atoms with Crippen molar-refractivity contribution in [3.63, 3.8) is 0 Å². The lowest BCUT2D eigenvalue weighted by Crippen LogP contribution is -2.11. The zero-order valence-electron chi connectivity index (χ0n) is 9.79. The quantitative estimate of drug-likeness (QED) is 0.531. The zero-order valence-corrected chi connectivity index (χ0v) is 10.5. The first-order valence-corrected chi connectivity index (χ1v) is 5.79. The monoisotopic (exact) mass is 275 g/mol. The van der Waals surface area contributed by atoms with Gasteiger partial charge in [0.1, 0.15) is 0 Å². The average Bonchev–Trinajstić information content (AvgIpc) is 2.43. The fourth-order valence-corrected chi connectivity index (χ4v) is 1.46. The fourth-order valence-electron chi connectivity index (χ4n) is 1.28. The summed E-state index contributed by atoms with van der Waals surface area (Å²) in [5, 5.41) is 6.47. The number of nitrogens with zero attached hydrogens (tertiary/aromatic N) is 2. The number of aromatic nitrogens is 1. The van der Waals surface area contributed by atoms with Gasteiger partial charge in [0.15, 0.2) is 0 Å². The van der Waals surface area contributed by atoms with E-state index in [1.54, 1.807) is 48.8 Å². The maximum atomic E-state index is 11.4. The van der Waals surface area contributed by atoms with E-state index in [0.717, 1.165) is 5.56 Å². The molecule has 2 aromatic rings. The molecule has 0 saturated heterocycles.